The number of nitrogens with zero attached hydrogens (tertiary/aromatic N) is 1. The lowest BCUT2D eigenvalue weighted by molar-refractivity contribution is 0.107. The van der Waals surface area contributed by atoms with Gasteiger partial charge in [0.15, 0.2) is 0 Å². The third-order valence-electron chi connectivity index (χ3n) is 4.56. The minimum absolute atomic E-state index is 0.579. The molecule has 0 saturated heterocycles. The zero-order valence-electron chi connectivity index (χ0n) is 18.7. The third-order valence-corrected chi connectivity index (χ3v) is 4.56. The molecule has 2 aromatic carbocycles. The molecule has 0 fully saturated rings. The van der Waals surface area contributed by atoms with Crippen molar-refractivity contribution in [3.8, 4) is 11.5 Å². The predicted molar refractivity (Wildman–Crippen MR) is 122 cm³/mol. The first-order valence-electron chi connectivity index (χ1n) is 10.3. The first-order chi connectivity index (χ1) is 14.5. The van der Waals surface area contributed by atoms with Gasteiger partial charge in [0, 0.05) is 6.42 Å². The van der Waals surface area contributed by atoms with Gasteiger partial charge < -0.3 is 19.0 Å². The summed E-state index contributed by atoms with van der Waals surface area (Å²) in [6.07, 6.45) is 4.79. The molecule has 0 aliphatic heterocycles. The Hall–Kier alpha value is -2.79. The molecule has 0 unspecified atom stereocenters. The number of benzene rings is 2. The highest BCUT2D eigenvalue weighted by molar-refractivity contribution is 5.98. The van der Waals surface area contributed by atoms with Crippen LogP contribution < -0.4 is 9.47 Å². The van der Waals surface area contributed by atoms with E-state index in [0.717, 1.165) is 45.9 Å². The van der Waals surface area contributed by atoms with Gasteiger partial charge in [0.1, 0.15) is 25.2 Å². The van der Waals surface area contributed by atoms with E-state index in [9.17, 15) is 0 Å². The van der Waals surface area contributed by atoms with Gasteiger partial charge in [-0.1, -0.05) is 41.6 Å². The van der Waals surface area contributed by atoms with Crippen LogP contribution in [0.4, 0.5) is 0 Å². The van der Waals surface area contributed by atoms with E-state index in [4.69, 9.17) is 19.0 Å². The summed E-state index contributed by atoms with van der Waals surface area (Å²) >= 11 is 0. The van der Waals surface area contributed by atoms with E-state index in [1.165, 1.54) is 0 Å². The second-order valence-corrected chi connectivity index (χ2v) is 7.08. The van der Waals surface area contributed by atoms with Gasteiger partial charge in [-0.3, -0.25) is 0 Å². The molecule has 0 saturated carbocycles. The fourth-order valence-corrected chi connectivity index (χ4v) is 3.02. The summed E-state index contributed by atoms with van der Waals surface area (Å²) in [6.45, 7) is 10.4. The normalized spacial score (nSPS) is 11.7. The maximum Gasteiger partial charge on any atom is 0.125 e. The van der Waals surface area contributed by atoms with Gasteiger partial charge >= 0.3 is 0 Å². The topological polar surface area (TPSA) is 49.3 Å². The highest BCUT2D eigenvalue weighted by Gasteiger charge is 2.07. The maximum absolute atomic E-state index is 5.99. The molecule has 0 aromatic heterocycles. The first kappa shape index (κ1) is 23.5. The van der Waals surface area contributed by atoms with Crippen molar-refractivity contribution >= 4 is 5.71 Å². The number of allylic oxidation sites excluding steroid dienone is 1. The summed E-state index contributed by atoms with van der Waals surface area (Å²) in [6, 6.07) is 12.2. The molecular weight excluding hydrogens is 378 g/mol. The van der Waals surface area contributed by atoms with Crippen molar-refractivity contribution in [2.45, 2.75) is 40.7 Å². The van der Waals surface area contributed by atoms with Crippen LogP contribution in [0.2, 0.25) is 0 Å². The standard InChI is InChI=1S/C25H33NO4/c1-6-7-14-29-24-16-19(2)25(20(3)17-24)30-15-8-13-28-18-22-9-11-23(12-10-22)21(4)26-27-5/h6-7,9-12,16-17H,8,13-15,18H2,1-5H3/b7-6+,26-21?. The summed E-state index contributed by atoms with van der Waals surface area (Å²) in [7, 11) is 1.55. The van der Waals surface area contributed by atoms with Gasteiger partial charge in [-0.2, -0.15) is 0 Å². The van der Waals surface area contributed by atoms with Crippen molar-refractivity contribution in [3.05, 3.63) is 70.8 Å². The van der Waals surface area contributed by atoms with Crippen LogP contribution in [0.3, 0.4) is 0 Å². The van der Waals surface area contributed by atoms with E-state index >= 15 is 0 Å². The Kier molecular flexibility index (Phi) is 9.95. The molecule has 5 nitrogen and oxygen atoms in total. The molecule has 0 heterocycles. The smallest absolute Gasteiger partial charge is 0.125 e. The Balaban J connectivity index is 1.72. The molecule has 162 valence electrons. The molecule has 0 aliphatic carbocycles. The van der Waals surface area contributed by atoms with E-state index in [1.807, 2.05) is 76.2 Å². The van der Waals surface area contributed by atoms with Crippen molar-refractivity contribution in [1.29, 1.82) is 0 Å². The molecule has 0 N–H and O–H groups in total. The highest BCUT2D eigenvalue weighted by atomic mass is 16.6. The molecular formula is C25H33NO4. The monoisotopic (exact) mass is 411 g/mol. The second kappa shape index (κ2) is 12.7. The zero-order chi connectivity index (χ0) is 21.8. The number of hydrogen-bond acceptors (Lipinski definition) is 5. The Morgan fingerprint density at radius 3 is 2.33 bits per heavy atom. The quantitative estimate of drug-likeness (QED) is 0.197. The van der Waals surface area contributed by atoms with E-state index < -0.39 is 0 Å². The van der Waals surface area contributed by atoms with Crippen molar-refractivity contribution in [1.82, 2.24) is 0 Å². The minimum Gasteiger partial charge on any atom is -0.493 e. The number of ether oxygens (including phenoxy) is 3. The fourth-order valence-electron chi connectivity index (χ4n) is 3.02. The predicted octanol–water partition coefficient (Wildman–Crippen LogP) is 5.61. The van der Waals surface area contributed by atoms with Gasteiger partial charge in [0.05, 0.1) is 25.5 Å². The summed E-state index contributed by atoms with van der Waals surface area (Å²) in [5.41, 5.74) is 5.19. The summed E-state index contributed by atoms with van der Waals surface area (Å²) in [4.78, 5) is 4.81. The van der Waals surface area contributed by atoms with Gasteiger partial charge in [-0.05, 0) is 62.1 Å². The van der Waals surface area contributed by atoms with Crippen molar-refractivity contribution in [2.75, 3.05) is 26.9 Å². The lowest BCUT2D eigenvalue weighted by Gasteiger charge is -2.14. The lowest BCUT2D eigenvalue weighted by Crippen LogP contribution is -2.05. The number of oxime groups is 1. The summed E-state index contributed by atoms with van der Waals surface area (Å²) in [5, 5.41) is 3.94. The van der Waals surface area contributed by atoms with Crippen LogP contribution in [0.15, 0.2) is 53.7 Å². The van der Waals surface area contributed by atoms with Crippen LogP contribution in [0, 0.1) is 13.8 Å². The molecule has 30 heavy (non-hydrogen) atoms. The fraction of sp³-hybridized carbons (Fsp3) is 0.400. The average Bonchev–Trinajstić information content (AvgIpc) is 2.73. The van der Waals surface area contributed by atoms with Crippen LogP contribution in [-0.2, 0) is 16.2 Å². The van der Waals surface area contributed by atoms with E-state index in [0.29, 0.717) is 26.4 Å². The first-order valence-corrected chi connectivity index (χ1v) is 10.3. The number of aryl methyl sites for hydroxylation is 2. The average molecular weight is 412 g/mol. The molecule has 0 aliphatic rings. The minimum atomic E-state index is 0.579. The van der Waals surface area contributed by atoms with Crippen molar-refractivity contribution < 1.29 is 19.0 Å². The number of rotatable bonds is 12. The van der Waals surface area contributed by atoms with Crippen molar-refractivity contribution in [3.63, 3.8) is 0 Å². The molecule has 0 atom stereocenters. The number of hydrogen-bond donors (Lipinski definition) is 0. The molecule has 0 spiro atoms. The van der Waals surface area contributed by atoms with Crippen LogP contribution in [0.25, 0.3) is 0 Å². The van der Waals surface area contributed by atoms with E-state index in [2.05, 4.69) is 5.16 Å². The molecule has 2 aromatic rings. The molecule has 5 heteroatoms. The van der Waals surface area contributed by atoms with Crippen LogP contribution in [-0.4, -0.2) is 32.6 Å². The molecule has 2 rings (SSSR count). The largest absolute Gasteiger partial charge is 0.493 e. The van der Waals surface area contributed by atoms with Crippen LogP contribution in [0.1, 0.15) is 42.5 Å². The third kappa shape index (κ3) is 7.56. The summed E-state index contributed by atoms with van der Waals surface area (Å²) in [5.74, 6) is 1.80. The van der Waals surface area contributed by atoms with Gasteiger partial charge in [-0.15, -0.1) is 0 Å². The Morgan fingerprint density at radius 1 is 1.00 bits per heavy atom. The summed E-state index contributed by atoms with van der Waals surface area (Å²) < 4.78 is 17.5. The molecule has 0 radical (unpaired) electrons. The van der Waals surface area contributed by atoms with Gasteiger partial charge in [-0.25, -0.2) is 0 Å². The Bertz CT molecular complexity index is 818. The van der Waals surface area contributed by atoms with Gasteiger partial charge in [0.25, 0.3) is 0 Å². The maximum atomic E-state index is 5.99. The molecule has 0 bridgehead atoms. The van der Waals surface area contributed by atoms with Crippen LogP contribution in [0.5, 0.6) is 11.5 Å². The van der Waals surface area contributed by atoms with Crippen molar-refractivity contribution in [2.24, 2.45) is 5.16 Å². The van der Waals surface area contributed by atoms with E-state index in [1.54, 1.807) is 7.11 Å². The molecule has 0 amide bonds. The van der Waals surface area contributed by atoms with E-state index in [-0.39, 0.29) is 0 Å². The zero-order valence-corrected chi connectivity index (χ0v) is 18.7. The highest BCUT2D eigenvalue weighted by Crippen LogP contribution is 2.28. The van der Waals surface area contributed by atoms with Gasteiger partial charge in [0.2, 0.25) is 0 Å². The SMILES string of the molecule is C/C=C/COc1cc(C)c(OCCCOCc2ccc(C(C)=NOC)cc2)c(C)c1. The lowest BCUT2D eigenvalue weighted by atomic mass is 10.1. The Morgan fingerprint density at radius 2 is 1.70 bits per heavy atom. The second-order valence-electron chi connectivity index (χ2n) is 7.08. The van der Waals surface area contributed by atoms with Crippen LogP contribution >= 0.6 is 0 Å². The Labute approximate surface area is 180 Å².